The third-order valence-electron chi connectivity index (χ3n) is 6.59. The first-order valence-corrected chi connectivity index (χ1v) is 10.4. The van der Waals surface area contributed by atoms with Gasteiger partial charge in [-0.2, -0.15) is 0 Å². The van der Waals surface area contributed by atoms with Crippen molar-refractivity contribution >= 4 is 16.9 Å². The van der Waals surface area contributed by atoms with Crippen molar-refractivity contribution in [3.8, 4) is 5.69 Å². The predicted molar refractivity (Wildman–Crippen MR) is 109 cm³/mol. The highest BCUT2D eigenvalue weighted by molar-refractivity contribution is 5.89. The lowest BCUT2D eigenvalue weighted by Gasteiger charge is -2.35. The van der Waals surface area contributed by atoms with E-state index in [9.17, 15) is 18.7 Å². The summed E-state index contributed by atoms with van der Waals surface area (Å²) in [4.78, 5) is 11.4. The molecule has 0 atom stereocenters. The van der Waals surface area contributed by atoms with Crippen LogP contribution in [0, 0.1) is 17.6 Å². The summed E-state index contributed by atoms with van der Waals surface area (Å²) in [6.45, 7) is 1.32. The van der Waals surface area contributed by atoms with Crippen LogP contribution < -0.4 is 0 Å². The zero-order valence-corrected chi connectivity index (χ0v) is 16.5. The van der Waals surface area contributed by atoms with Gasteiger partial charge >= 0.3 is 5.97 Å². The number of aromatic nitrogens is 1. The Morgan fingerprint density at radius 1 is 0.967 bits per heavy atom. The molecule has 30 heavy (non-hydrogen) atoms. The van der Waals surface area contributed by atoms with Crippen molar-refractivity contribution in [2.75, 3.05) is 13.2 Å². The van der Waals surface area contributed by atoms with Gasteiger partial charge in [-0.3, -0.25) is 4.79 Å². The van der Waals surface area contributed by atoms with Crippen molar-refractivity contribution < 1.29 is 23.4 Å². The van der Waals surface area contributed by atoms with Gasteiger partial charge in [-0.15, -0.1) is 0 Å². The second-order valence-electron chi connectivity index (χ2n) is 8.36. The van der Waals surface area contributed by atoms with Crippen molar-refractivity contribution in [1.82, 2.24) is 4.57 Å². The average Bonchev–Trinajstić information content (AvgIpc) is 3.02. The summed E-state index contributed by atoms with van der Waals surface area (Å²) in [7, 11) is 0. The fourth-order valence-electron chi connectivity index (χ4n) is 5.03. The van der Waals surface area contributed by atoms with E-state index in [4.69, 9.17) is 4.74 Å². The quantitative estimate of drug-likeness (QED) is 0.627. The maximum absolute atomic E-state index is 14.3. The first-order chi connectivity index (χ1) is 14.5. The second kappa shape index (κ2) is 7.51. The van der Waals surface area contributed by atoms with E-state index in [1.54, 1.807) is 24.3 Å². The van der Waals surface area contributed by atoms with Gasteiger partial charge in [0.2, 0.25) is 0 Å². The topological polar surface area (TPSA) is 51.5 Å². The van der Waals surface area contributed by atoms with Crippen molar-refractivity contribution in [2.45, 2.75) is 37.5 Å². The van der Waals surface area contributed by atoms with E-state index in [2.05, 4.69) is 4.57 Å². The third-order valence-corrected chi connectivity index (χ3v) is 6.59. The van der Waals surface area contributed by atoms with E-state index in [1.807, 2.05) is 0 Å². The van der Waals surface area contributed by atoms with Crippen LogP contribution in [0.1, 0.15) is 48.8 Å². The molecule has 0 radical (unpaired) electrons. The molecule has 2 aliphatic rings. The van der Waals surface area contributed by atoms with Gasteiger partial charge in [-0.25, -0.2) is 8.78 Å². The van der Waals surface area contributed by atoms with Gasteiger partial charge in [0.05, 0.1) is 11.4 Å². The lowest BCUT2D eigenvalue weighted by molar-refractivity contribution is -0.145. The highest BCUT2D eigenvalue weighted by Gasteiger charge is 2.40. The number of carboxylic acid groups (broad SMARTS) is 1. The standard InChI is InChI=1S/C24H23F2NO3/c25-17-1-4-19(5-2-17)27-21-6-3-18(26)13-20(21)22(15-11-16(12-15)24(28)29)23(27)14-7-9-30-10-8-14/h1-6,13-16H,7-12H2,(H,28,29)/t15-,16-. The number of ether oxygens (including phenoxy) is 1. The highest BCUT2D eigenvalue weighted by Crippen LogP contribution is 2.50. The average molecular weight is 411 g/mol. The monoisotopic (exact) mass is 411 g/mol. The lowest BCUT2D eigenvalue weighted by Crippen LogP contribution is -2.30. The van der Waals surface area contributed by atoms with Crippen LogP contribution in [-0.4, -0.2) is 28.9 Å². The molecule has 0 unspecified atom stereocenters. The van der Waals surface area contributed by atoms with Crippen LogP contribution in [0.5, 0.6) is 0 Å². The van der Waals surface area contributed by atoms with Crippen molar-refractivity contribution in [1.29, 1.82) is 0 Å². The number of carbonyl (C=O) groups is 1. The van der Waals surface area contributed by atoms with E-state index >= 15 is 0 Å². The zero-order chi connectivity index (χ0) is 20.8. The molecule has 4 nitrogen and oxygen atoms in total. The Labute approximate surface area is 173 Å². The van der Waals surface area contributed by atoms with Crippen LogP contribution in [-0.2, 0) is 9.53 Å². The molecular formula is C24H23F2NO3. The van der Waals surface area contributed by atoms with Gasteiger partial charge in [0, 0.05) is 35.9 Å². The van der Waals surface area contributed by atoms with Crippen LogP contribution in [0.15, 0.2) is 42.5 Å². The third kappa shape index (κ3) is 3.19. The molecule has 1 aliphatic heterocycles. The molecule has 156 valence electrons. The number of aliphatic carboxylic acids is 1. The summed E-state index contributed by atoms with van der Waals surface area (Å²) in [5.74, 6) is -1.44. The Bertz CT molecular complexity index is 1090. The normalized spacial score (nSPS) is 22.2. The molecule has 1 saturated carbocycles. The highest BCUT2D eigenvalue weighted by atomic mass is 19.1. The summed E-state index contributed by atoms with van der Waals surface area (Å²) in [5.41, 5.74) is 3.85. The largest absolute Gasteiger partial charge is 0.481 e. The number of nitrogens with zero attached hydrogens (tertiary/aromatic N) is 1. The van der Waals surface area contributed by atoms with Gasteiger partial charge in [-0.05, 0) is 79.6 Å². The first-order valence-electron chi connectivity index (χ1n) is 10.4. The molecule has 6 heteroatoms. The fourth-order valence-corrected chi connectivity index (χ4v) is 5.03. The minimum absolute atomic E-state index is 0.0787. The van der Waals surface area contributed by atoms with Crippen molar-refractivity contribution in [3.63, 3.8) is 0 Å². The molecule has 5 rings (SSSR count). The number of benzene rings is 2. The Hall–Kier alpha value is -2.73. The first kappa shape index (κ1) is 19.2. The molecule has 3 aromatic rings. The molecule has 0 amide bonds. The van der Waals surface area contributed by atoms with Gasteiger partial charge in [0.25, 0.3) is 0 Å². The minimum atomic E-state index is -0.771. The van der Waals surface area contributed by atoms with Gasteiger partial charge in [0.1, 0.15) is 11.6 Å². The van der Waals surface area contributed by atoms with E-state index in [0.29, 0.717) is 26.1 Å². The molecule has 1 saturated heterocycles. The van der Waals surface area contributed by atoms with Crippen LogP contribution in [0.25, 0.3) is 16.6 Å². The Morgan fingerprint density at radius 2 is 1.63 bits per heavy atom. The molecule has 0 spiro atoms. The molecule has 1 N–H and O–H groups in total. The van der Waals surface area contributed by atoms with Crippen LogP contribution in [0.4, 0.5) is 8.78 Å². The zero-order valence-electron chi connectivity index (χ0n) is 16.5. The minimum Gasteiger partial charge on any atom is -0.481 e. The molecule has 2 fully saturated rings. The number of carboxylic acids is 1. The summed E-state index contributed by atoms with van der Waals surface area (Å²) < 4.78 is 35.6. The number of hydrogen-bond acceptors (Lipinski definition) is 2. The summed E-state index contributed by atoms with van der Waals surface area (Å²) in [6.07, 6.45) is 2.82. The van der Waals surface area contributed by atoms with Gasteiger partial charge in [0.15, 0.2) is 0 Å². The molecule has 2 aromatic carbocycles. The number of rotatable bonds is 4. The Kier molecular flexibility index (Phi) is 4.82. The summed E-state index contributed by atoms with van der Waals surface area (Å²) in [5, 5.41) is 10.2. The summed E-state index contributed by atoms with van der Waals surface area (Å²) >= 11 is 0. The second-order valence-corrected chi connectivity index (χ2v) is 8.36. The molecular weight excluding hydrogens is 388 g/mol. The number of fused-ring (bicyclic) bond motifs is 1. The lowest BCUT2D eigenvalue weighted by atomic mass is 9.69. The van der Waals surface area contributed by atoms with Gasteiger partial charge < -0.3 is 14.4 Å². The predicted octanol–water partition coefficient (Wildman–Crippen LogP) is 5.38. The van der Waals surface area contributed by atoms with Crippen molar-refractivity contribution in [2.24, 2.45) is 5.92 Å². The Morgan fingerprint density at radius 3 is 2.30 bits per heavy atom. The van der Waals surface area contributed by atoms with Crippen molar-refractivity contribution in [3.05, 3.63) is 65.4 Å². The Balaban J connectivity index is 1.74. The van der Waals surface area contributed by atoms with E-state index in [1.165, 1.54) is 18.2 Å². The number of hydrogen-bond donors (Lipinski definition) is 1. The maximum atomic E-state index is 14.3. The van der Waals surface area contributed by atoms with E-state index in [-0.39, 0.29) is 29.4 Å². The van der Waals surface area contributed by atoms with Crippen LogP contribution in [0.3, 0.4) is 0 Å². The fraction of sp³-hybridized carbons (Fsp3) is 0.375. The van der Waals surface area contributed by atoms with Crippen LogP contribution >= 0.6 is 0 Å². The smallest absolute Gasteiger partial charge is 0.306 e. The maximum Gasteiger partial charge on any atom is 0.306 e. The molecule has 1 aliphatic carbocycles. The SMILES string of the molecule is O=C(O)[C@H]1C[C@H](c2c(C3CCOCC3)n(-c3ccc(F)cc3)c3ccc(F)cc32)C1. The number of halogens is 2. The van der Waals surface area contributed by atoms with E-state index in [0.717, 1.165) is 40.7 Å². The molecule has 0 bridgehead atoms. The molecule has 1 aromatic heterocycles. The van der Waals surface area contributed by atoms with E-state index < -0.39 is 5.97 Å². The van der Waals surface area contributed by atoms with Crippen LogP contribution in [0.2, 0.25) is 0 Å². The van der Waals surface area contributed by atoms with Gasteiger partial charge in [-0.1, -0.05) is 0 Å². The summed E-state index contributed by atoms with van der Waals surface area (Å²) in [6, 6.07) is 11.1. The molecule has 2 heterocycles.